The lowest BCUT2D eigenvalue weighted by Crippen LogP contribution is -2.48. The van der Waals surface area contributed by atoms with E-state index in [2.05, 4.69) is 54.2 Å². The number of pyridine rings is 1. The molecule has 7 nitrogen and oxygen atoms in total. The summed E-state index contributed by atoms with van der Waals surface area (Å²) in [6.07, 6.45) is 2.44. The number of rotatable bonds is 7. The van der Waals surface area contributed by atoms with Gasteiger partial charge in [-0.2, -0.15) is 0 Å². The predicted octanol–water partition coefficient (Wildman–Crippen LogP) is 2.89. The SMILES string of the molecule is CCN(CC)c1ccc(Nc2ccc(C(=O)N3CCN(C=O)CC3)cn2)c(C)c1. The Morgan fingerprint density at radius 1 is 1.14 bits per heavy atom. The van der Waals surface area contributed by atoms with Gasteiger partial charge in [0.2, 0.25) is 6.41 Å². The molecule has 2 amide bonds. The normalized spacial score (nSPS) is 13.9. The third-order valence-corrected chi connectivity index (χ3v) is 5.36. The van der Waals surface area contributed by atoms with Gasteiger partial charge in [0.05, 0.1) is 5.56 Å². The number of carbonyl (C=O) groups excluding carboxylic acids is 2. The fraction of sp³-hybridized carbons (Fsp3) is 0.409. The molecule has 0 unspecified atom stereocenters. The van der Waals surface area contributed by atoms with Crippen molar-refractivity contribution in [3.8, 4) is 0 Å². The Morgan fingerprint density at radius 2 is 1.86 bits per heavy atom. The molecule has 0 saturated carbocycles. The molecule has 3 rings (SSSR count). The molecule has 1 aromatic carbocycles. The largest absolute Gasteiger partial charge is 0.372 e. The highest BCUT2D eigenvalue weighted by Gasteiger charge is 2.21. The number of nitrogens with one attached hydrogen (secondary N) is 1. The number of hydrogen-bond donors (Lipinski definition) is 1. The highest BCUT2D eigenvalue weighted by Crippen LogP contribution is 2.25. The predicted molar refractivity (Wildman–Crippen MR) is 116 cm³/mol. The van der Waals surface area contributed by atoms with Crippen LogP contribution in [-0.4, -0.2) is 66.4 Å². The lowest BCUT2D eigenvalue weighted by molar-refractivity contribution is -0.119. The Bertz CT molecular complexity index is 841. The van der Waals surface area contributed by atoms with Gasteiger partial charge in [0.15, 0.2) is 0 Å². The summed E-state index contributed by atoms with van der Waals surface area (Å²) in [5.74, 6) is 0.653. The number of aromatic nitrogens is 1. The number of anilines is 3. The number of hydrogen-bond acceptors (Lipinski definition) is 5. The molecule has 0 spiro atoms. The van der Waals surface area contributed by atoms with Crippen LogP contribution in [0.25, 0.3) is 0 Å². The minimum Gasteiger partial charge on any atom is -0.372 e. The highest BCUT2D eigenvalue weighted by molar-refractivity contribution is 5.94. The van der Waals surface area contributed by atoms with Crippen molar-refractivity contribution in [1.29, 1.82) is 0 Å². The molecule has 1 saturated heterocycles. The zero-order valence-electron chi connectivity index (χ0n) is 17.4. The molecule has 1 aromatic heterocycles. The van der Waals surface area contributed by atoms with Gasteiger partial charge >= 0.3 is 0 Å². The number of aryl methyl sites for hydroxylation is 1. The molecule has 154 valence electrons. The Labute approximate surface area is 172 Å². The van der Waals surface area contributed by atoms with Crippen molar-refractivity contribution in [2.24, 2.45) is 0 Å². The highest BCUT2D eigenvalue weighted by atomic mass is 16.2. The third-order valence-electron chi connectivity index (χ3n) is 5.36. The molecule has 0 bridgehead atoms. The molecule has 2 aromatic rings. The van der Waals surface area contributed by atoms with Crippen LogP contribution in [-0.2, 0) is 4.79 Å². The second-order valence-corrected chi connectivity index (χ2v) is 7.16. The van der Waals surface area contributed by atoms with E-state index in [0.29, 0.717) is 37.6 Å². The average molecular weight is 396 g/mol. The average Bonchev–Trinajstić information content (AvgIpc) is 2.76. The number of piperazine rings is 1. The van der Waals surface area contributed by atoms with Crippen molar-refractivity contribution in [2.75, 3.05) is 49.5 Å². The van der Waals surface area contributed by atoms with Gasteiger partial charge in [0.25, 0.3) is 5.91 Å². The Morgan fingerprint density at radius 3 is 2.41 bits per heavy atom. The van der Waals surface area contributed by atoms with Crippen LogP contribution in [0.4, 0.5) is 17.2 Å². The monoisotopic (exact) mass is 395 g/mol. The van der Waals surface area contributed by atoms with Crippen molar-refractivity contribution >= 4 is 29.5 Å². The van der Waals surface area contributed by atoms with Crippen molar-refractivity contribution in [3.63, 3.8) is 0 Å². The Kier molecular flexibility index (Phi) is 6.69. The second-order valence-electron chi connectivity index (χ2n) is 7.16. The smallest absolute Gasteiger partial charge is 0.255 e. The lowest BCUT2D eigenvalue weighted by Gasteiger charge is -2.32. The fourth-order valence-electron chi connectivity index (χ4n) is 3.52. The summed E-state index contributed by atoms with van der Waals surface area (Å²) >= 11 is 0. The van der Waals surface area contributed by atoms with E-state index >= 15 is 0 Å². The van der Waals surface area contributed by atoms with E-state index in [1.165, 1.54) is 5.69 Å². The van der Waals surface area contributed by atoms with Crippen LogP contribution in [0.2, 0.25) is 0 Å². The van der Waals surface area contributed by atoms with Gasteiger partial charge in [-0.3, -0.25) is 9.59 Å². The Hall–Kier alpha value is -3.09. The maximum Gasteiger partial charge on any atom is 0.255 e. The van der Waals surface area contributed by atoms with Crippen LogP contribution in [0, 0.1) is 6.92 Å². The first-order valence-corrected chi connectivity index (χ1v) is 10.1. The zero-order valence-corrected chi connectivity index (χ0v) is 17.4. The van der Waals surface area contributed by atoms with E-state index in [1.54, 1.807) is 22.1 Å². The van der Waals surface area contributed by atoms with Crippen molar-refractivity contribution in [1.82, 2.24) is 14.8 Å². The molecule has 29 heavy (non-hydrogen) atoms. The van der Waals surface area contributed by atoms with E-state index in [9.17, 15) is 9.59 Å². The van der Waals surface area contributed by atoms with E-state index in [4.69, 9.17) is 0 Å². The van der Waals surface area contributed by atoms with E-state index in [-0.39, 0.29) is 5.91 Å². The molecule has 1 aliphatic heterocycles. The van der Waals surface area contributed by atoms with Crippen molar-refractivity contribution in [3.05, 3.63) is 47.7 Å². The first-order valence-electron chi connectivity index (χ1n) is 10.1. The van der Waals surface area contributed by atoms with Crippen molar-refractivity contribution < 1.29 is 9.59 Å². The molecule has 1 fully saturated rings. The van der Waals surface area contributed by atoms with Gasteiger partial charge in [-0.1, -0.05) is 0 Å². The minimum absolute atomic E-state index is 0.0469. The number of carbonyl (C=O) groups is 2. The number of benzene rings is 1. The first-order chi connectivity index (χ1) is 14.0. The zero-order chi connectivity index (χ0) is 20.8. The van der Waals surface area contributed by atoms with Gasteiger partial charge < -0.3 is 20.0 Å². The summed E-state index contributed by atoms with van der Waals surface area (Å²) in [6.45, 7) is 10.6. The Balaban J connectivity index is 1.65. The van der Waals surface area contributed by atoms with E-state index in [1.807, 2.05) is 6.07 Å². The van der Waals surface area contributed by atoms with E-state index < -0.39 is 0 Å². The van der Waals surface area contributed by atoms with Crippen LogP contribution < -0.4 is 10.2 Å². The molecule has 1 aliphatic rings. The van der Waals surface area contributed by atoms with Crippen LogP contribution in [0.5, 0.6) is 0 Å². The summed E-state index contributed by atoms with van der Waals surface area (Å²) in [5, 5.41) is 3.33. The van der Waals surface area contributed by atoms with Crippen LogP contribution in [0.3, 0.4) is 0 Å². The third kappa shape index (κ3) is 4.85. The topological polar surface area (TPSA) is 68.8 Å². The van der Waals surface area contributed by atoms with Crippen LogP contribution in [0.15, 0.2) is 36.5 Å². The molecule has 2 heterocycles. The van der Waals surface area contributed by atoms with Crippen LogP contribution >= 0.6 is 0 Å². The maximum atomic E-state index is 12.6. The van der Waals surface area contributed by atoms with Gasteiger partial charge in [-0.15, -0.1) is 0 Å². The second kappa shape index (κ2) is 9.41. The van der Waals surface area contributed by atoms with Crippen molar-refractivity contribution in [2.45, 2.75) is 20.8 Å². The molecule has 0 radical (unpaired) electrons. The summed E-state index contributed by atoms with van der Waals surface area (Å²) < 4.78 is 0. The molecule has 0 aliphatic carbocycles. The molecular weight excluding hydrogens is 366 g/mol. The quantitative estimate of drug-likeness (QED) is 0.730. The summed E-state index contributed by atoms with van der Waals surface area (Å²) in [5.41, 5.74) is 3.91. The summed E-state index contributed by atoms with van der Waals surface area (Å²) in [4.78, 5) is 33.6. The standard InChI is InChI=1S/C22H29N5O2/c1-4-26(5-2)19-7-8-20(17(3)14-19)24-21-9-6-18(15-23-21)22(29)27-12-10-25(16-28)11-13-27/h6-9,14-16H,4-5,10-13H2,1-3H3,(H,23,24). The molecule has 7 heteroatoms. The van der Waals surface area contributed by atoms with Gasteiger partial charge in [0, 0.05) is 56.8 Å². The maximum absolute atomic E-state index is 12.6. The summed E-state index contributed by atoms with van der Waals surface area (Å²) in [6, 6.07) is 9.97. The lowest BCUT2D eigenvalue weighted by atomic mass is 10.1. The fourth-order valence-corrected chi connectivity index (χ4v) is 3.52. The van der Waals surface area contributed by atoms with Crippen LogP contribution in [0.1, 0.15) is 29.8 Å². The molecular formula is C22H29N5O2. The molecule has 1 N–H and O–H groups in total. The minimum atomic E-state index is -0.0469. The molecule has 0 atom stereocenters. The number of amides is 2. The van der Waals surface area contributed by atoms with Gasteiger partial charge in [-0.05, 0) is 56.7 Å². The summed E-state index contributed by atoms with van der Waals surface area (Å²) in [7, 11) is 0. The number of nitrogens with zero attached hydrogens (tertiary/aromatic N) is 4. The van der Waals surface area contributed by atoms with Gasteiger partial charge in [0.1, 0.15) is 5.82 Å². The van der Waals surface area contributed by atoms with E-state index in [0.717, 1.165) is 30.8 Å². The van der Waals surface area contributed by atoms with Gasteiger partial charge in [-0.25, -0.2) is 4.98 Å². The first kappa shape index (κ1) is 20.6.